The van der Waals surface area contributed by atoms with E-state index in [-0.39, 0.29) is 19.2 Å². The molecule has 0 aromatic heterocycles. The van der Waals surface area contributed by atoms with Gasteiger partial charge in [0, 0.05) is 31.8 Å². The molecule has 7 heteroatoms. The zero-order valence-electron chi connectivity index (χ0n) is 13.8. The molecule has 0 N–H and O–H groups in total. The van der Waals surface area contributed by atoms with Gasteiger partial charge >= 0.3 is 18.0 Å². The number of likely N-dealkylation sites (N-methyl/N-ethyl adjacent to an activating group) is 1. The zero-order valence-corrected chi connectivity index (χ0v) is 13.8. The van der Waals surface area contributed by atoms with E-state index in [2.05, 4.69) is 4.74 Å². The SMILES string of the molecule is CCOC(=O)/C=C/C(=O)OCCN(CC)C(=O)N(CC)CC. The summed E-state index contributed by atoms with van der Waals surface area (Å²) in [6.45, 7) is 9.80. The molecule has 2 amide bonds. The van der Waals surface area contributed by atoms with E-state index in [0.29, 0.717) is 26.2 Å². The maximum Gasteiger partial charge on any atom is 0.331 e. The van der Waals surface area contributed by atoms with Crippen LogP contribution in [0.25, 0.3) is 0 Å². The van der Waals surface area contributed by atoms with Crippen LogP contribution in [0.2, 0.25) is 0 Å². The molecule has 0 aromatic carbocycles. The molecule has 0 radical (unpaired) electrons. The predicted molar refractivity (Wildman–Crippen MR) is 82.3 cm³/mol. The number of carbonyl (C=O) groups excluding carboxylic acids is 3. The average Bonchev–Trinajstić information content (AvgIpc) is 2.51. The minimum Gasteiger partial charge on any atom is -0.463 e. The van der Waals surface area contributed by atoms with Gasteiger partial charge in [-0.2, -0.15) is 0 Å². The molecule has 0 aliphatic carbocycles. The van der Waals surface area contributed by atoms with Gasteiger partial charge in [-0.05, 0) is 27.7 Å². The highest BCUT2D eigenvalue weighted by molar-refractivity contribution is 5.91. The predicted octanol–water partition coefficient (Wildman–Crippen LogP) is 1.43. The minimum atomic E-state index is -0.639. The first-order chi connectivity index (χ1) is 10.5. The topological polar surface area (TPSA) is 76.2 Å². The lowest BCUT2D eigenvalue weighted by Crippen LogP contribution is -2.44. The van der Waals surface area contributed by atoms with Crippen LogP contribution < -0.4 is 0 Å². The molecule has 0 unspecified atom stereocenters. The standard InChI is InChI=1S/C15H26N2O5/c1-5-16(6-2)15(20)17(7-3)11-12-22-14(19)10-9-13(18)21-8-4/h9-10H,5-8,11-12H2,1-4H3/b10-9+. The maximum absolute atomic E-state index is 12.1. The molecule has 0 fully saturated rings. The molecule has 0 atom stereocenters. The van der Waals surface area contributed by atoms with Gasteiger partial charge in [0.25, 0.3) is 0 Å². The lowest BCUT2D eigenvalue weighted by atomic mass is 10.4. The monoisotopic (exact) mass is 314 g/mol. The third kappa shape index (κ3) is 7.66. The number of esters is 2. The van der Waals surface area contributed by atoms with Crippen LogP contribution in [0.15, 0.2) is 12.2 Å². The molecule has 7 nitrogen and oxygen atoms in total. The number of hydrogen-bond acceptors (Lipinski definition) is 5. The number of carbonyl (C=O) groups is 3. The Morgan fingerprint density at radius 3 is 1.77 bits per heavy atom. The maximum atomic E-state index is 12.1. The second kappa shape index (κ2) is 11.6. The molecule has 22 heavy (non-hydrogen) atoms. The van der Waals surface area contributed by atoms with Gasteiger partial charge in [-0.15, -0.1) is 0 Å². The van der Waals surface area contributed by atoms with Gasteiger partial charge in [0.05, 0.1) is 13.2 Å². The van der Waals surface area contributed by atoms with E-state index in [9.17, 15) is 14.4 Å². The summed E-state index contributed by atoms with van der Waals surface area (Å²) in [6, 6.07) is -0.0781. The first-order valence-electron chi connectivity index (χ1n) is 7.55. The second-order valence-electron chi connectivity index (χ2n) is 4.29. The minimum absolute atomic E-state index is 0.0762. The molecule has 0 heterocycles. The molecular formula is C15H26N2O5. The molecule has 0 aliphatic rings. The molecule has 0 aromatic rings. The molecular weight excluding hydrogens is 288 g/mol. The largest absolute Gasteiger partial charge is 0.463 e. The van der Waals surface area contributed by atoms with Crippen LogP contribution >= 0.6 is 0 Å². The van der Waals surface area contributed by atoms with E-state index >= 15 is 0 Å². The molecule has 0 spiro atoms. The van der Waals surface area contributed by atoms with Crippen molar-refractivity contribution in [3.05, 3.63) is 12.2 Å². The van der Waals surface area contributed by atoms with Crippen LogP contribution in [0.4, 0.5) is 4.79 Å². The molecule has 0 saturated heterocycles. The van der Waals surface area contributed by atoms with E-state index in [1.165, 1.54) is 0 Å². The molecule has 0 rings (SSSR count). The fraction of sp³-hybridized carbons (Fsp3) is 0.667. The fourth-order valence-corrected chi connectivity index (χ4v) is 1.71. The van der Waals surface area contributed by atoms with Crippen molar-refractivity contribution in [2.75, 3.05) is 39.4 Å². The van der Waals surface area contributed by atoms with Crippen molar-refractivity contribution < 1.29 is 23.9 Å². The summed E-state index contributed by atoms with van der Waals surface area (Å²) in [5.74, 6) is -1.23. The highest BCUT2D eigenvalue weighted by Gasteiger charge is 2.17. The third-order valence-corrected chi connectivity index (χ3v) is 2.93. The number of nitrogens with zero attached hydrogens (tertiary/aromatic N) is 2. The van der Waals surface area contributed by atoms with Gasteiger partial charge in [0.15, 0.2) is 0 Å². The summed E-state index contributed by atoms with van der Waals surface area (Å²) < 4.78 is 9.60. The summed E-state index contributed by atoms with van der Waals surface area (Å²) in [5, 5.41) is 0. The van der Waals surface area contributed by atoms with Gasteiger partial charge in [-0.1, -0.05) is 0 Å². The second-order valence-corrected chi connectivity index (χ2v) is 4.29. The van der Waals surface area contributed by atoms with Crippen molar-refractivity contribution in [1.82, 2.24) is 9.80 Å². The Morgan fingerprint density at radius 2 is 1.32 bits per heavy atom. The van der Waals surface area contributed by atoms with Gasteiger partial charge in [0.1, 0.15) is 6.61 Å². The molecule has 0 bridgehead atoms. The molecule has 0 saturated carbocycles. The van der Waals surface area contributed by atoms with E-state index < -0.39 is 11.9 Å². The number of rotatable bonds is 9. The summed E-state index contributed by atoms with van der Waals surface area (Å²) >= 11 is 0. The normalized spacial score (nSPS) is 10.4. The van der Waals surface area contributed by atoms with E-state index in [0.717, 1.165) is 12.2 Å². The van der Waals surface area contributed by atoms with Crippen molar-refractivity contribution in [3.8, 4) is 0 Å². The van der Waals surface area contributed by atoms with Crippen LogP contribution in [0.1, 0.15) is 27.7 Å². The summed E-state index contributed by atoms with van der Waals surface area (Å²) in [5.41, 5.74) is 0. The van der Waals surface area contributed by atoms with Gasteiger partial charge in [-0.3, -0.25) is 0 Å². The number of urea groups is 1. The third-order valence-electron chi connectivity index (χ3n) is 2.93. The Bertz CT molecular complexity index is 391. The Labute approximate surface area is 131 Å². The van der Waals surface area contributed by atoms with Crippen molar-refractivity contribution in [1.29, 1.82) is 0 Å². The Balaban J connectivity index is 4.22. The van der Waals surface area contributed by atoms with Crippen molar-refractivity contribution in [3.63, 3.8) is 0 Å². The van der Waals surface area contributed by atoms with Gasteiger partial charge < -0.3 is 19.3 Å². The van der Waals surface area contributed by atoms with Crippen LogP contribution in [0.3, 0.4) is 0 Å². The van der Waals surface area contributed by atoms with E-state index in [1.54, 1.807) is 16.7 Å². The number of ether oxygens (including phenoxy) is 2. The zero-order chi connectivity index (χ0) is 17.0. The lowest BCUT2D eigenvalue weighted by Gasteiger charge is -2.28. The first-order valence-corrected chi connectivity index (χ1v) is 7.55. The highest BCUT2D eigenvalue weighted by Crippen LogP contribution is 1.99. The number of amides is 2. The van der Waals surface area contributed by atoms with Crippen LogP contribution in [0, 0.1) is 0 Å². The van der Waals surface area contributed by atoms with Crippen molar-refractivity contribution in [2.24, 2.45) is 0 Å². The van der Waals surface area contributed by atoms with Crippen LogP contribution in [-0.2, 0) is 19.1 Å². The number of hydrogen-bond donors (Lipinski definition) is 0. The fourth-order valence-electron chi connectivity index (χ4n) is 1.71. The van der Waals surface area contributed by atoms with Crippen LogP contribution in [-0.4, -0.2) is 67.2 Å². The van der Waals surface area contributed by atoms with Gasteiger partial charge in [0.2, 0.25) is 0 Å². The first kappa shape index (κ1) is 19.9. The van der Waals surface area contributed by atoms with Gasteiger partial charge in [-0.25, -0.2) is 14.4 Å². The average molecular weight is 314 g/mol. The molecule has 126 valence electrons. The Hall–Kier alpha value is -2.05. The lowest BCUT2D eigenvalue weighted by molar-refractivity contribution is -0.140. The summed E-state index contributed by atoms with van der Waals surface area (Å²) in [7, 11) is 0. The summed E-state index contributed by atoms with van der Waals surface area (Å²) in [4.78, 5) is 37.9. The quantitative estimate of drug-likeness (QED) is 0.475. The Kier molecular flexibility index (Phi) is 10.5. The van der Waals surface area contributed by atoms with Crippen molar-refractivity contribution in [2.45, 2.75) is 27.7 Å². The van der Waals surface area contributed by atoms with E-state index in [1.807, 2.05) is 20.8 Å². The van der Waals surface area contributed by atoms with Crippen molar-refractivity contribution >= 4 is 18.0 Å². The van der Waals surface area contributed by atoms with Crippen LogP contribution in [0.5, 0.6) is 0 Å². The smallest absolute Gasteiger partial charge is 0.331 e. The highest BCUT2D eigenvalue weighted by atomic mass is 16.5. The van der Waals surface area contributed by atoms with E-state index in [4.69, 9.17) is 4.74 Å². The molecule has 0 aliphatic heterocycles. The summed E-state index contributed by atoms with van der Waals surface area (Å²) in [6.07, 6.45) is 2.03. The Morgan fingerprint density at radius 1 is 0.818 bits per heavy atom.